The second-order valence-corrected chi connectivity index (χ2v) is 7.11. The molecule has 1 unspecified atom stereocenters. The molecular weight excluding hydrogens is 330 g/mol. The number of benzene rings is 2. The molecule has 0 saturated heterocycles. The van der Waals surface area contributed by atoms with E-state index in [-0.39, 0.29) is 12.7 Å². The van der Waals surface area contributed by atoms with E-state index in [1.807, 2.05) is 55.1 Å². The van der Waals surface area contributed by atoms with Crippen molar-refractivity contribution < 1.29 is 19.0 Å². The summed E-state index contributed by atoms with van der Waals surface area (Å²) in [5.41, 5.74) is 3.16. The van der Waals surface area contributed by atoms with Gasteiger partial charge in [0, 0.05) is 23.9 Å². The summed E-state index contributed by atoms with van der Waals surface area (Å²) in [5.74, 6) is 2.08. The van der Waals surface area contributed by atoms with Crippen LogP contribution in [0.1, 0.15) is 25.0 Å². The van der Waals surface area contributed by atoms with E-state index in [0.717, 1.165) is 16.8 Å². The Hall–Kier alpha value is -2.95. The van der Waals surface area contributed by atoms with Gasteiger partial charge in [-0.1, -0.05) is 29.8 Å². The zero-order chi connectivity index (χ0) is 17.9. The minimum Gasteiger partial charge on any atom is -0.491 e. The fourth-order valence-electron chi connectivity index (χ4n) is 4.02. The van der Waals surface area contributed by atoms with Crippen molar-refractivity contribution >= 4 is 11.6 Å². The first-order valence-electron chi connectivity index (χ1n) is 8.73. The van der Waals surface area contributed by atoms with Gasteiger partial charge in [0.05, 0.1) is 0 Å². The molecule has 1 atom stereocenters. The summed E-state index contributed by atoms with van der Waals surface area (Å²) in [6, 6.07) is 11.7. The van der Waals surface area contributed by atoms with E-state index in [2.05, 4.69) is 6.08 Å². The van der Waals surface area contributed by atoms with Crippen molar-refractivity contribution in [2.24, 2.45) is 0 Å². The molecule has 1 amide bonds. The Kier molecular flexibility index (Phi) is 3.11. The van der Waals surface area contributed by atoms with Crippen molar-refractivity contribution in [3.05, 3.63) is 59.2 Å². The topological polar surface area (TPSA) is 48.0 Å². The van der Waals surface area contributed by atoms with E-state index < -0.39 is 5.41 Å². The van der Waals surface area contributed by atoms with Crippen LogP contribution < -0.4 is 19.1 Å². The molecule has 5 rings (SSSR count). The van der Waals surface area contributed by atoms with Crippen LogP contribution in [0.2, 0.25) is 0 Å². The number of para-hydroxylation sites is 1. The van der Waals surface area contributed by atoms with Crippen LogP contribution in [0.3, 0.4) is 0 Å². The third-order valence-electron chi connectivity index (χ3n) is 5.33. The summed E-state index contributed by atoms with van der Waals surface area (Å²) in [7, 11) is 0. The van der Waals surface area contributed by atoms with Gasteiger partial charge in [-0.2, -0.15) is 0 Å². The molecule has 5 heteroatoms. The average Bonchev–Trinajstić information content (AvgIpc) is 3.29. The number of hydrogen-bond donors (Lipinski definition) is 0. The van der Waals surface area contributed by atoms with Gasteiger partial charge in [0.25, 0.3) is 0 Å². The summed E-state index contributed by atoms with van der Waals surface area (Å²) < 4.78 is 17.0. The molecule has 0 aliphatic carbocycles. The molecular formula is C21H19NO4. The Balaban J connectivity index is 1.69. The number of allylic oxidation sites excluding steroid dienone is 1. The van der Waals surface area contributed by atoms with Crippen molar-refractivity contribution in [1.29, 1.82) is 0 Å². The molecule has 5 nitrogen and oxygen atoms in total. The van der Waals surface area contributed by atoms with Gasteiger partial charge < -0.3 is 19.1 Å². The normalized spacial score (nSPS) is 21.6. The maximum atomic E-state index is 13.6. The SMILES string of the molecule is CC(C)=CCN1C(=O)C2(COc3cc4c(cc32)OCO4)c2ccccc21. The van der Waals surface area contributed by atoms with Crippen LogP contribution in [0, 0.1) is 0 Å². The zero-order valence-corrected chi connectivity index (χ0v) is 14.7. The summed E-state index contributed by atoms with van der Waals surface area (Å²) in [6.07, 6.45) is 2.07. The standard InChI is InChI=1S/C21H19NO4/c1-13(2)7-8-22-16-6-4-3-5-14(16)21(20(22)23)11-24-17-10-19-18(9-15(17)21)25-12-26-19/h3-7,9-10H,8,11-12H2,1-2H3. The van der Waals surface area contributed by atoms with Gasteiger partial charge in [0.2, 0.25) is 12.7 Å². The fraction of sp³-hybridized carbons (Fsp3) is 0.286. The van der Waals surface area contributed by atoms with Gasteiger partial charge in [0.15, 0.2) is 11.5 Å². The Morgan fingerprint density at radius 2 is 1.85 bits per heavy atom. The van der Waals surface area contributed by atoms with Crippen LogP contribution in [0.5, 0.6) is 17.2 Å². The average molecular weight is 349 g/mol. The number of carbonyl (C=O) groups excluding carboxylic acids is 1. The van der Waals surface area contributed by atoms with Crippen molar-refractivity contribution in [2.45, 2.75) is 19.3 Å². The summed E-state index contributed by atoms with van der Waals surface area (Å²) in [5, 5.41) is 0. The van der Waals surface area contributed by atoms with Gasteiger partial charge in [0.1, 0.15) is 17.8 Å². The van der Waals surface area contributed by atoms with Crippen molar-refractivity contribution in [1.82, 2.24) is 0 Å². The van der Waals surface area contributed by atoms with E-state index in [1.54, 1.807) is 0 Å². The molecule has 0 saturated carbocycles. The molecule has 3 aliphatic rings. The first kappa shape index (κ1) is 15.3. The van der Waals surface area contributed by atoms with E-state index in [4.69, 9.17) is 14.2 Å². The molecule has 2 aromatic rings. The largest absolute Gasteiger partial charge is 0.491 e. The molecule has 3 heterocycles. The van der Waals surface area contributed by atoms with Gasteiger partial charge >= 0.3 is 0 Å². The van der Waals surface area contributed by atoms with E-state index in [9.17, 15) is 4.79 Å². The zero-order valence-electron chi connectivity index (χ0n) is 14.7. The van der Waals surface area contributed by atoms with Gasteiger partial charge in [-0.25, -0.2) is 0 Å². The quantitative estimate of drug-likeness (QED) is 0.780. The third-order valence-corrected chi connectivity index (χ3v) is 5.33. The Labute approximate surface area is 151 Å². The lowest BCUT2D eigenvalue weighted by Gasteiger charge is -2.22. The van der Waals surface area contributed by atoms with Crippen LogP contribution in [0.25, 0.3) is 0 Å². The van der Waals surface area contributed by atoms with Crippen LogP contribution in [-0.2, 0) is 10.2 Å². The molecule has 0 N–H and O–H groups in total. The highest BCUT2D eigenvalue weighted by Crippen LogP contribution is 2.54. The molecule has 0 bridgehead atoms. The number of fused-ring (bicyclic) bond motifs is 5. The van der Waals surface area contributed by atoms with Crippen molar-refractivity contribution in [3.8, 4) is 17.2 Å². The molecule has 2 aromatic carbocycles. The first-order chi connectivity index (χ1) is 12.6. The number of anilines is 1. The predicted octanol–water partition coefficient (Wildman–Crippen LogP) is 3.41. The van der Waals surface area contributed by atoms with Crippen molar-refractivity contribution in [3.63, 3.8) is 0 Å². The van der Waals surface area contributed by atoms with Crippen LogP contribution in [0.15, 0.2) is 48.0 Å². The maximum absolute atomic E-state index is 13.6. The smallest absolute Gasteiger partial charge is 0.246 e. The van der Waals surface area contributed by atoms with Crippen LogP contribution >= 0.6 is 0 Å². The number of hydrogen-bond acceptors (Lipinski definition) is 4. The first-order valence-corrected chi connectivity index (χ1v) is 8.73. The number of amides is 1. The van der Waals surface area contributed by atoms with Gasteiger partial charge in [-0.3, -0.25) is 4.79 Å². The lowest BCUT2D eigenvalue weighted by molar-refractivity contribution is -0.122. The molecule has 1 spiro atoms. The second-order valence-electron chi connectivity index (χ2n) is 7.11. The lowest BCUT2D eigenvalue weighted by atomic mass is 9.77. The number of ether oxygens (including phenoxy) is 3. The minimum absolute atomic E-state index is 0.0498. The maximum Gasteiger partial charge on any atom is 0.246 e. The van der Waals surface area contributed by atoms with E-state index in [0.29, 0.717) is 30.4 Å². The highest BCUT2D eigenvalue weighted by molar-refractivity contribution is 6.11. The van der Waals surface area contributed by atoms with Crippen LogP contribution in [-0.4, -0.2) is 25.9 Å². The van der Waals surface area contributed by atoms with Gasteiger partial charge in [-0.05, 0) is 31.5 Å². The summed E-state index contributed by atoms with van der Waals surface area (Å²) >= 11 is 0. The van der Waals surface area contributed by atoms with Crippen LogP contribution in [0.4, 0.5) is 5.69 Å². The Morgan fingerprint density at radius 3 is 2.65 bits per heavy atom. The molecule has 132 valence electrons. The molecule has 0 fully saturated rings. The summed E-state index contributed by atoms with van der Waals surface area (Å²) in [6.45, 7) is 5.13. The Bertz CT molecular complexity index is 960. The Morgan fingerprint density at radius 1 is 1.08 bits per heavy atom. The highest BCUT2D eigenvalue weighted by atomic mass is 16.7. The van der Waals surface area contributed by atoms with E-state index >= 15 is 0 Å². The minimum atomic E-state index is -0.817. The fourth-order valence-corrected chi connectivity index (χ4v) is 4.02. The van der Waals surface area contributed by atoms with E-state index in [1.165, 1.54) is 5.57 Å². The number of carbonyl (C=O) groups is 1. The van der Waals surface area contributed by atoms with Crippen molar-refractivity contribution in [2.75, 3.05) is 24.8 Å². The molecule has 0 aromatic heterocycles. The third kappa shape index (κ3) is 1.88. The van der Waals surface area contributed by atoms with Gasteiger partial charge in [-0.15, -0.1) is 0 Å². The summed E-state index contributed by atoms with van der Waals surface area (Å²) in [4.78, 5) is 15.5. The molecule has 3 aliphatic heterocycles. The predicted molar refractivity (Wildman–Crippen MR) is 97.1 cm³/mol. The lowest BCUT2D eigenvalue weighted by Crippen LogP contribution is -2.42. The number of rotatable bonds is 2. The molecule has 0 radical (unpaired) electrons. The monoisotopic (exact) mass is 349 g/mol. The number of nitrogens with zero attached hydrogens (tertiary/aromatic N) is 1. The molecule has 26 heavy (non-hydrogen) atoms. The second kappa shape index (κ2) is 5.27. The highest BCUT2D eigenvalue weighted by Gasteiger charge is 2.57.